The second-order valence-corrected chi connectivity index (χ2v) is 1.43. The molecule has 0 unspecified atom stereocenters. The highest BCUT2D eigenvalue weighted by molar-refractivity contribution is 5.09. The zero-order chi connectivity index (χ0) is 5.98. The van der Waals surface area contributed by atoms with Crippen LogP contribution < -0.4 is 22.1 Å². The van der Waals surface area contributed by atoms with Crippen LogP contribution in [0.5, 0.6) is 0 Å². The minimum atomic E-state index is -0.0775. The van der Waals surface area contributed by atoms with Crippen molar-refractivity contribution in [3.8, 4) is 0 Å². The molecule has 5 nitrogen and oxygen atoms in total. The molecule has 0 aromatic heterocycles. The lowest BCUT2D eigenvalue weighted by Gasteiger charge is -1.93. The zero-order valence-electron chi connectivity index (χ0n) is 4.23. The zero-order valence-corrected chi connectivity index (χ0v) is 4.23. The largest absolute Gasteiger partial charge is 0.390 e. The fourth-order valence-corrected chi connectivity index (χ4v) is 0.442. The van der Waals surface area contributed by atoms with Crippen molar-refractivity contribution in [1.29, 1.82) is 0 Å². The summed E-state index contributed by atoms with van der Waals surface area (Å²) in [5.41, 5.74) is 13.5. The summed E-state index contributed by atoms with van der Waals surface area (Å²) >= 11 is 0. The van der Waals surface area contributed by atoms with E-state index in [0.717, 1.165) is 0 Å². The molecule has 0 aromatic carbocycles. The van der Waals surface area contributed by atoms with Crippen molar-refractivity contribution in [3.05, 3.63) is 11.5 Å². The maximum atomic E-state index is 8.46. The lowest BCUT2D eigenvalue weighted by atomic mass is 10.5. The van der Waals surface area contributed by atoms with Gasteiger partial charge in [0.1, 0.15) is 5.82 Å². The van der Waals surface area contributed by atoms with Crippen molar-refractivity contribution in [2.24, 2.45) is 5.73 Å². The third kappa shape index (κ3) is 0.682. The van der Waals surface area contributed by atoms with Gasteiger partial charge in [0.15, 0.2) is 0 Å². The average Bonchev–Trinajstić information content (AvgIpc) is 2.14. The van der Waals surface area contributed by atoms with Gasteiger partial charge in [0.05, 0.1) is 12.3 Å². The Morgan fingerprint density at radius 3 is 2.50 bits per heavy atom. The van der Waals surface area contributed by atoms with Gasteiger partial charge in [0, 0.05) is 0 Å². The lowest BCUT2D eigenvalue weighted by Crippen LogP contribution is -2.34. The minimum Gasteiger partial charge on any atom is -0.390 e. The molecule has 0 saturated carbocycles. The standard InChI is InChI=1S/C3H8N4O/c4-3-2(1-8)5-7-6-3/h5-8H,1,4H2. The molecular weight excluding hydrogens is 108 g/mol. The number of nitrogens with one attached hydrogen (secondary N) is 3. The van der Waals surface area contributed by atoms with Gasteiger partial charge >= 0.3 is 0 Å². The molecule has 46 valence electrons. The highest BCUT2D eigenvalue weighted by Gasteiger charge is 2.05. The van der Waals surface area contributed by atoms with Crippen molar-refractivity contribution in [3.63, 3.8) is 0 Å². The summed E-state index contributed by atoms with van der Waals surface area (Å²) in [4.78, 5) is 0. The van der Waals surface area contributed by atoms with E-state index in [4.69, 9.17) is 10.8 Å². The number of hydrogen-bond acceptors (Lipinski definition) is 5. The molecule has 0 radical (unpaired) electrons. The van der Waals surface area contributed by atoms with Crippen molar-refractivity contribution in [2.75, 3.05) is 6.61 Å². The molecule has 0 saturated heterocycles. The summed E-state index contributed by atoms with van der Waals surface area (Å²) < 4.78 is 0. The van der Waals surface area contributed by atoms with E-state index in [1.54, 1.807) is 0 Å². The molecule has 0 bridgehead atoms. The van der Waals surface area contributed by atoms with E-state index in [0.29, 0.717) is 11.5 Å². The van der Waals surface area contributed by atoms with Gasteiger partial charge in [-0.15, -0.1) is 5.53 Å². The first-order chi connectivity index (χ1) is 3.84. The van der Waals surface area contributed by atoms with Crippen molar-refractivity contribution in [1.82, 2.24) is 16.4 Å². The van der Waals surface area contributed by atoms with Gasteiger partial charge in [-0.1, -0.05) is 0 Å². The average molecular weight is 116 g/mol. The molecule has 0 fully saturated rings. The van der Waals surface area contributed by atoms with Gasteiger partial charge in [-0.05, 0) is 0 Å². The van der Waals surface area contributed by atoms with E-state index >= 15 is 0 Å². The van der Waals surface area contributed by atoms with E-state index in [2.05, 4.69) is 16.4 Å². The third-order valence-corrected chi connectivity index (χ3v) is 0.894. The normalized spacial score (nSPS) is 18.1. The Balaban J connectivity index is 2.58. The van der Waals surface area contributed by atoms with Crippen LogP contribution in [0, 0.1) is 0 Å². The monoisotopic (exact) mass is 116 g/mol. The number of hydrazine groups is 2. The maximum absolute atomic E-state index is 8.46. The van der Waals surface area contributed by atoms with E-state index in [9.17, 15) is 0 Å². The Labute approximate surface area is 46.5 Å². The molecule has 0 spiro atoms. The summed E-state index contributed by atoms with van der Waals surface area (Å²) in [6.07, 6.45) is 0. The predicted octanol–water partition coefficient (Wildman–Crippen LogP) is -2.28. The van der Waals surface area contributed by atoms with Crippen molar-refractivity contribution < 1.29 is 5.11 Å². The fourth-order valence-electron chi connectivity index (χ4n) is 0.442. The SMILES string of the molecule is NC1=C(CO)NNN1. The Bertz CT molecular complexity index is 120. The molecule has 1 rings (SSSR count). The first kappa shape index (κ1) is 5.20. The van der Waals surface area contributed by atoms with Gasteiger partial charge in [-0.25, -0.2) is 0 Å². The van der Waals surface area contributed by atoms with Crippen LogP contribution in [0.1, 0.15) is 0 Å². The van der Waals surface area contributed by atoms with Gasteiger partial charge in [-0.3, -0.25) is 5.43 Å². The molecule has 0 aromatic rings. The Morgan fingerprint density at radius 2 is 2.25 bits per heavy atom. The second kappa shape index (κ2) is 1.89. The van der Waals surface area contributed by atoms with Crippen LogP contribution in [-0.4, -0.2) is 11.7 Å². The summed E-state index contributed by atoms with van der Waals surface area (Å²) in [5, 5.41) is 8.46. The van der Waals surface area contributed by atoms with Gasteiger partial charge in [-0.2, -0.15) is 0 Å². The number of nitrogens with two attached hydrogens (primary N) is 1. The Morgan fingerprint density at radius 1 is 1.50 bits per heavy atom. The van der Waals surface area contributed by atoms with Gasteiger partial charge in [0.2, 0.25) is 0 Å². The van der Waals surface area contributed by atoms with Gasteiger partial charge in [0.25, 0.3) is 0 Å². The van der Waals surface area contributed by atoms with Crippen LogP contribution in [0.4, 0.5) is 0 Å². The highest BCUT2D eigenvalue weighted by Crippen LogP contribution is 1.90. The summed E-state index contributed by atoms with van der Waals surface area (Å²) in [6.45, 7) is -0.0775. The van der Waals surface area contributed by atoms with Crippen LogP contribution in [0.25, 0.3) is 0 Å². The van der Waals surface area contributed by atoms with E-state index in [1.807, 2.05) is 0 Å². The number of rotatable bonds is 1. The van der Waals surface area contributed by atoms with Crippen LogP contribution in [-0.2, 0) is 0 Å². The quantitative estimate of drug-likeness (QED) is 0.266. The van der Waals surface area contributed by atoms with Crippen molar-refractivity contribution >= 4 is 0 Å². The predicted molar refractivity (Wildman–Crippen MR) is 27.7 cm³/mol. The van der Waals surface area contributed by atoms with E-state index in [1.165, 1.54) is 0 Å². The van der Waals surface area contributed by atoms with E-state index < -0.39 is 0 Å². The molecule has 1 aliphatic heterocycles. The number of aliphatic hydroxyl groups is 1. The van der Waals surface area contributed by atoms with Crippen LogP contribution in [0.2, 0.25) is 0 Å². The summed E-state index contributed by atoms with van der Waals surface area (Å²) in [7, 11) is 0. The summed E-state index contributed by atoms with van der Waals surface area (Å²) in [6, 6.07) is 0. The summed E-state index contributed by atoms with van der Waals surface area (Å²) in [5.74, 6) is 0.438. The molecule has 6 N–H and O–H groups in total. The van der Waals surface area contributed by atoms with Crippen LogP contribution >= 0.6 is 0 Å². The molecule has 8 heavy (non-hydrogen) atoms. The second-order valence-electron chi connectivity index (χ2n) is 1.43. The molecule has 0 atom stereocenters. The molecule has 0 amide bonds. The fraction of sp³-hybridized carbons (Fsp3) is 0.333. The topological polar surface area (TPSA) is 82.3 Å². The van der Waals surface area contributed by atoms with Crippen molar-refractivity contribution in [2.45, 2.75) is 0 Å². The van der Waals surface area contributed by atoms with E-state index in [-0.39, 0.29) is 6.61 Å². The van der Waals surface area contributed by atoms with Gasteiger partial charge < -0.3 is 16.3 Å². The third-order valence-electron chi connectivity index (χ3n) is 0.894. The highest BCUT2D eigenvalue weighted by atomic mass is 16.3. The molecule has 1 heterocycles. The Hall–Kier alpha value is -0.940. The smallest absolute Gasteiger partial charge is 0.135 e. The molecule has 1 aliphatic rings. The first-order valence-electron chi connectivity index (χ1n) is 2.21. The minimum absolute atomic E-state index is 0.0775. The molecule has 5 heteroatoms. The first-order valence-corrected chi connectivity index (χ1v) is 2.21. The molecule has 0 aliphatic carbocycles. The number of hydrogen-bond donors (Lipinski definition) is 5. The maximum Gasteiger partial charge on any atom is 0.135 e. The van der Waals surface area contributed by atoms with Crippen LogP contribution in [0.15, 0.2) is 11.5 Å². The Kier molecular flexibility index (Phi) is 1.23. The molecular formula is C3H8N4O. The lowest BCUT2D eigenvalue weighted by molar-refractivity contribution is 0.320. The van der Waals surface area contributed by atoms with Crippen LogP contribution in [0.3, 0.4) is 0 Å². The number of aliphatic hydroxyl groups excluding tert-OH is 1.